The first kappa shape index (κ1) is 20.1. The molecule has 2 N–H and O–H groups in total. The number of nitrogens with zero attached hydrogens (tertiary/aromatic N) is 1. The van der Waals surface area contributed by atoms with Crippen LogP contribution >= 0.6 is 11.3 Å². The van der Waals surface area contributed by atoms with Gasteiger partial charge in [0.2, 0.25) is 0 Å². The van der Waals surface area contributed by atoms with Gasteiger partial charge in [0.25, 0.3) is 5.91 Å². The normalized spacial score (nSPS) is 15.2. The maximum atomic E-state index is 12.5. The summed E-state index contributed by atoms with van der Waals surface area (Å²) >= 11 is 1.28. The molecule has 6 nitrogen and oxygen atoms in total. The fourth-order valence-electron chi connectivity index (χ4n) is 3.34. The lowest BCUT2D eigenvalue weighted by molar-refractivity contribution is 0.0696. The first-order valence-electron chi connectivity index (χ1n) is 9.81. The number of benzene rings is 2. The highest BCUT2D eigenvalue weighted by molar-refractivity contribution is 7.11. The van der Waals surface area contributed by atoms with E-state index in [2.05, 4.69) is 22.4 Å². The summed E-state index contributed by atoms with van der Waals surface area (Å²) in [6.07, 6.45) is 3.61. The Morgan fingerprint density at radius 2 is 1.83 bits per heavy atom. The van der Waals surface area contributed by atoms with E-state index in [4.69, 9.17) is 9.84 Å². The standard InChI is InChI=1S/C23H22N2O4S/c1-14(25-21(26)22-24-12-13-30-22)20(17-6-4-16(5-7-17)15-2-3-15)29-19-10-8-18(9-11-19)23(27)28/h4-15,20H,2-3H2,1H3,(H,25,26)(H,27,28)/t14-,20-/m0/s1. The van der Waals surface area contributed by atoms with Crippen LogP contribution in [0.1, 0.15) is 63.1 Å². The number of nitrogens with one attached hydrogen (secondary N) is 1. The van der Waals surface area contributed by atoms with Crippen molar-refractivity contribution in [2.75, 3.05) is 0 Å². The zero-order chi connectivity index (χ0) is 21.1. The number of ether oxygens (including phenoxy) is 1. The SMILES string of the molecule is C[C@H](NC(=O)c1nccs1)[C@H](Oc1ccc(C(=O)O)cc1)c1ccc(C2CC2)cc1. The van der Waals surface area contributed by atoms with E-state index in [1.807, 2.05) is 19.1 Å². The van der Waals surface area contributed by atoms with Gasteiger partial charge in [0, 0.05) is 11.6 Å². The number of carboxylic acids is 1. The van der Waals surface area contributed by atoms with Crippen molar-refractivity contribution in [3.8, 4) is 5.75 Å². The second-order valence-electron chi connectivity index (χ2n) is 7.41. The molecule has 1 fully saturated rings. The molecule has 1 aliphatic rings. The smallest absolute Gasteiger partial charge is 0.335 e. The van der Waals surface area contributed by atoms with Gasteiger partial charge >= 0.3 is 5.97 Å². The van der Waals surface area contributed by atoms with Crippen molar-refractivity contribution in [2.24, 2.45) is 0 Å². The molecule has 0 saturated heterocycles. The molecule has 0 unspecified atom stereocenters. The van der Waals surface area contributed by atoms with Crippen LogP contribution in [0.25, 0.3) is 0 Å². The van der Waals surface area contributed by atoms with E-state index < -0.39 is 12.1 Å². The highest BCUT2D eigenvalue weighted by Crippen LogP contribution is 2.40. The Balaban J connectivity index is 1.56. The lowest BCUT2D eigenvalue weighted by Gasteiger charge is -2.26. The molecule has 1 heterocycles. The van der Waals surface area contributed by atoms with Gasteiger partial charge in [-0.1, -0.05) is 24.3 Å². The third-order valence-corrected chi connectivity index (χ3v) is 5.89. The summed E-state index contributed by atoms with van der Waals surface area (Å²) < 4.78 is 6.21. The second kappa shape index (κ2) is 8.67. The van der Waals surface area contributed by atoms with Crippen molar-refractivity contribution in [3.63, 3.8) is 0 Å². The maximum Gasteiger partial charge on any atom is 0.335 e. The van der Waals surface area contributed by atoms with Crippen molar-refractivity contribution in [3.05, 3.63) is 81.8 Å². The van der Waals surface area contributed by atoms with Crippen LogP contribution in [0.4, 0.5) is 0 Å². The Morgan fingerprint density at radius 1 is 1.13 bits per heavy atom. The summed E-state index contributed by atoms with van der Waals surface area (Å²) in [5.74, 6) is -0.0459. The van der Waals surface area contributed by atoms with Crippen molar-refractivity contribution < 1.29 is 19.4 Å². The number of hydrogen-bond acceptors (Lipinski definition) is 5. The molecule has 1 aliphatic carbocycles. The molecule has 3 aromatic rings. The van der Waals surface area contributed by atoms with Gasteiger partial charge < -0.3 is 15.2 Å². The number of rotatable bonds is 8. The van der Waals surface area contributed by atoms with Gasteiger partial charge in [0.1, 0.15) is 11.9 Å². The Labute approximate surface area is 178 Å². The van der Waals surface area contributed by atoms with E-state index in [0.29, 0.717) is 16.7 Å². The Kier molecular flexibility index (Phi) is 5.81. The Hall–Kier alpha value is -3.19. The van der Waals surface area contributed by atoms with Gasteiger partial charge in [0.05, 0.1) is 11.6 Å². The van der Waals surface area contributed by atoms with Crippen LogP contribution in [0.3, 0.4) is 0 Å². The van der Waals surface area contributed by atoms with E-state index >= 15 is 0 Å². The molecule has 7 heteroatoms. The first-order chi connectivity index (χ1) is 14.5. The summed E-state index contributed by atoms with van der Waals surface area (Å²) in [5, 5.41) is 14.2. The van der Waals surface area contributed by atoms with Gasteiger partial charge in [-0.3, -0.25) is 4.79 Å². The minimum absolute atomic E-state index is 0.192. The fourth-order valence-corrected chi connectivity index (χ4v) is 3.87. The summed E-state index contributed by atoms with van der Waals surface area (Å²) in [6, 6.07) is 14.2. The molecule has 0 radical (unpaired) electrons. The summed E-state index contributed by atoms with van der Waals surface area (Å²) in [5.41, 5.74) is 2.45. The van der Waals surface area contributed by atoms with E-state index in [0.717, 1.165) is 5.56 Å². The number of hydrogen-bond donors (Lipinski definition) is 2. The number of aromatic nitrogens is 1. The Bertz CT molecular complexity index is 1010. The van der Waals surface area contributed by atoms with Gasteiger partial charge in [-0.15, -0.1) is 11.3 Å². The monoisotopic (exact) mass is 422 g/mol. The Morgan fingerprint density at radius 3 is 2.40 bits per heavy atom. The number of amides is 1. The number of carbonyl (C=O) groups excluding carboxylic acids is 1. The van der Waals surface area contributed by atoms with E-state index in [1.165, 1.54) is 41.9 Å². The van der Waals surface area contributed by atoms with Crippen LogP contribution in [-0.4, -0.2) is 28.0 Å². The largest absolute Gasteiger partial charge is 0.484 e. The van der Waals surface area contributed by atoms with Crippen molar-refractivity contribution in [1.29, 1.82) is 0 Å². The third kappa shape index (κ3) is 4.68. The van der Waals surface area contributed by atoms with E-state index in [9.17, 15) is 9.59 Å². The number of aromatic carboxylic acids is 1. The second-order valence-corrected chi connectivity index (χ2v) is 8.30. The minimum atomic E-state index is -0.988. The van der Waals surface area contributed by atoms with Gasteiger partial charge in [0.15, 0.2) is 5.01 Å². The van der Waals surface area contributed by atoms with Crippen molar-refractivity contribution in [2.45, 2.75) is 37.8 Å². The molecule has 0 aliphatic heterocycles. The van der Waals surface area contributed by atoms with Crippen LogP contribution < -0.4 is 10.1 Å². The van der Waals surface area contributed by atoms with Gasteiger partial charge in [-0.2, -0.15) is 0 Å². The maximum absolute atomic E-state index is 12.5. The number of thiazole rings is 1. The summed E-state index contributed by atoms with van der Waals surface area (Å²) in [7, 11) is 0. The van der Waals surface area contributed by atoms with Crippen molar-refractivity contribution >= 4 is 23.2 Å². The molecule has 4 rings (SSSR count). The molecule has 1 saturated carbocycles. The van der Waals surface area contributed by atoms with E-state index in [-0.39, 0.29) is 17.5 Å². The quantitative estimate of drug-likeness (QED) is 0.551. The topological polar surface area (TPSA) is 88.5 Å². The summed E-state index contributed by atoms with van der Waals surface area (Å²) in [4.78, 5) is 27.6. The molecule has 2 aromatic carbocycles. The predicted molar refractivity (Wildman–Crippen MR) is 114 cm³/mol. The molecule has 1 amide bonds. The highest BCUT2D eigenvalue weighted by Gasteiger charge is 2.27. The zero-order valence-electron chi connectivity index (χ0n) is 16.4. The average molecular weight is 423 g/mol. The van der Waals surface area contributed by atoms with Crippen LogP contribution in [0, 0.1) is 0 Å². The molecule has 1 aromatic heterocycles. The van der Waals surface area contributed by atoms with Gasteiger partial charge in [-0.25, -0.2) is 9.78 Å². The number of carboxylic acid groups (broad SMARTS) is 1. The lowest BCUT2D eigenvalue weighted by atomic mass is 10.00. The molecular formula is C23H22N2O4S. The average Bonchev–Trinajstić information content (AvgIpc) is 3.45. The highest BCUT2D eigenvalue weighted by atomic mass is 32.1. The zero-order valence-corrected chi connectivity index (χ0v) is 17.3. The van der Waals surface area contributed by atoms with E-state index in [1.54, 1.807) is 23.7 Å². The van der Waals surface area contributed by atoms with Crippen LogP contribution in [0.15, 0.2) is 60.1 Å². The summed E-state index contributed by atoms with van der Waals surface area (Å²) in [6.45, 7) is 1.89. The molecule has 2 atom stereocenters. The van der Waals surface area contributed by atoms with Crippen LogP contribution in [0.5, 0.6) is 5.75 Å². The predicted octanol–water partition coefficient (Wildman–Crippen LogP) is 4.66. The molecule has 0 bridgehead atoms. The van der Waals surface area contributed by atoms with Crippen LogP contribution in [0.2, 0.25) is 0 Å². The van der Waals surface area contributed by atoms with Crippen LogP contribution in [-0.2, 0) is 0 Å². The molecular weight excluding hydrogens is 400 g/mol. The third-order valence-electron chi connectivity index (χ3n) is 5.12. The molecule has 154 valence electrons. The van der Waals surface area contributed by atoms with Gasteiger partial charge in [-0.05, 0) is 61.1 Å². The minimum Gasteiger partial charge on any atom is -0.484 e. The number of carbonyl (C=O) groups is 2. The lowest BCUT2D eigenvalue weighted by Crippen LogP contribution is -2.39. The molecule has 30 heavy (non-hydrogen) atoms. The van der Waals surface area contributed by atoms with Crippen molar-refractivity contribution in [1.82, 2.24) is 10.3 Å². The molecule has 0 spiro atoms. The fraction of sp³-hybridized carbons (Fsp3) is 0.261. The first-order valence-corrected chi connectivity index (χ1v) is 10.7.